The summed E-state index contributed by atoms with van der Waals surface area (Å²) in [6.45, 7) is 9.07. The lowest BCUT2D eigenvalue weighted by Crippen LogP contribution is -2.49. The van der Waals surface area contributed by atoms with Crippen molar-refractivity contribution >= 4 is 27.2 Å². The minimum absolute atomic E-state index is 0.0518. The summed E-state index contributed by atoms with van der Waals surface area (Å²) in [6, 6.07) is 8.72. The van der Waals surface area contributed by atoms with Gasteiger partial charge in [-0.3, -0.25) is 4.79 Å². The molecule has 4 rings (SSSR count). The van der Waals surface area contributed by atoms with Crippen LogP contribution in [0, 0.1) is 0 Å². The monoisotopic (exact) mass is 473 g/mol. The average molecular weight is 474 g/mol. The lowest BCUT2D eigenvalue weighted by Gasteiger charge is -2.36. The third-order valence-corrected chi connectivity index (χ3v) is 8.36. The van der Waals surface area contributed by atoms with Gasteiger partial charge < -0.3 is 19.4 Å². The van der Waals surface area contributed by atoms with Gasteiger partial charge in [-0.25, -0.2) is 8.42 Å². The van der Waals surface area contributed by atoms with Gasteiger partial charge in [-0.05, 0) is 31.5 Å². The summed E-state index contributed by atoms with van der Waals surface area (Å²) in [5.74, 6) is 0.910. The van der Waals surface area contributed by atoms with Gasteiger partial charge in [0, 0.05) is 45.3 Å². The predicted octanol–water partition coefficient (Wildman–Crippen LogP) is 1.39. The molecule has 0 spiro atoms. The molecule has 0 bridgehead atoms. The Morgan fingerprint density at radius 2 is 1.67 bits per heavy atom. The number of ether oxygens (including phenoxy) is 1. The highest BCUT2D eigenvalue weighted by molar-refractivity contribution is 7.92. The molecule has 2 aromatic rings. The van der Waals surface area contributed by atoms with Gasteiger partial charge in [0.1, 0.15) is 0 Å². The van der Waals surface area contributed by atoms with Gasteiger partial charge in [0.15, 0.2) is 15.7 Å². The molecule has 2 saturated heterocycles. The molecule has 9 nitrogen and oxygen atoms in total. The van der Waals surface area contributed by atoms with Crippen LogP contribution >= 0.6 is 0 Å². The van der Waals surface area contributed by atoms with E-state index in [0.717, 1.165) is 43.2 Å². The van der Waals surface area contributed by atoms with E-state index in [-0.39, 0.29) is 12.3 Å². The van der Waals surface area contributed by atoms with Gasteiger partial charge in [-0.2, -0.15) is 5.10 Å². The molecule has 0 N–H and O–H groups in total. The van der Waals surface area contributed by atoms with Gasteiger partial charge in [-0.1, -0.05) is 12.1 Å². The Balaban J connectivity index is 1.32. The smallest absolute Gasteiger partial charge is 0.227 e. The largest absolute Gasteiger partial charge is 0.378 e. The fraction of sp³-hybridized carbons (Fsp3) is 0.522. The molecular formula is C23H31N5O4S. The Morgan fingerprint density at radius 1 is 1.00 bits per heavy atom. The second kappa shape index (κ2) is 10.0. The van der Waals surface area contributed by atoms with E-state index in [0.29, 0.717) is 31.2 Å². The molecule has 0 saturated carbocycles. The molecule has 0 aliphatic carbocycles. The van der Waals surface area contributed by atoms with Crippen molar-refractivity contribution in [1.29, 1.82) is 0 Å². The van der Waals surface area contributed by atoms with Gasteiger partial charge in [0.25, 0.3) is 0 Å². The van der Waals surface area contributed by atoms with Crippen molar-refractivity contribution in [3.8, 4) is 0 Å². The zero-order valence-corrected chi connectivity index (χ0v) is 20.0. The fourth-order valence-electron chi connectivity index (χ4n) is 4.04. The quantitative estimate of drug-likeness (QED) is 0.621. The summed E-state index contributed by atoms with van der Waals surface area (Å²) < 4.78 is 30.0. The number of carbonyl (C=O) groups is 1. The first-order chi connectivity index (χ1) is 15.8. The zero-order valence-electron chi connectivity index (χ0n) is 19.2. The molecule has 2 aliphatic rings. The van der Waals surface area contributed by atoms with Crippen LogP contribution in [-0.4, -0.2) is 87.2 Å². The van der Waals surface area contributed by atoms with Crippen LogP contribution in [0.25, 0.3) is 0 Å². The SMILES string of the molecule is CC(C)S(=O)(=O)c1ccc(CC(=O)N2CCN(c3cnnc(N4CCOCC4)c3)CC2)cc1. The maximum absolute atomic E-state index is 12.8. The number of sulfone groups is 1. The second-order valence-electron chi connectivity index (χ2n) is 8.65. The topological polar surface area (TPSA) is 95.9 Å². The van der Waals surface area contributed by atoms with Crippen molar-refractivity contribution in [1.82, 2.24) is 15.1 Å². The molecule has 0 unspecified atom stereocenters. The molecule has 178 valence electrons. The van der Waals surface area contributed by atoms with Crippen LogP contribution in [0.5, 0.6) is 0 Å². The third-order valence-electron chi connectivity index (χ3n) is 6.19. The highest BCUT2D eigenvalue weighted by Crippen LogP contribution is 2.22. The molecule has 3 heterocycles. The number of morpholine rings is 1. The highest BCUT2D eigenvalue weighted by Gasteiger charge is 2.23. The lowest BCUT2D eigenvalue weighted by atomic mass is 10.1. The van der Waals surface area contributed by atoms with Crippen molar-refractivity contribution in [2.75, 3.05) is 62.3 Å². The molecular weight excluding hydrogens is 442 g/mol. The summed E-state index contributed by atoms with van der Waals surface area (Å²) >= 11 is 0. The number of hydrogen-bond donors (Lipinski definition) is 0. The van der Waals surface area contributed by atoms with Crippen LogP contribution in [0.3, 0.4) is 0 Å². The Kier molecular flexibility index (Phi) is 7.14. The normalized spacial score (nSPS) is 17.5. The third kappa shape index (κ3) is 5.44. The van der Waals surface area contributed by atoms with E-state index in [4.69, 9.17) is 4.74 Å². The van der Waals surface area contributed by atoms with Gasteiger partial charge in [-0.15, -0.1) is 5.10 Å². The van der Waals surface area contributed by atoms with Crippen molar-refractivity contribution in [2.45, 2.75) is 30.4 Å². The molecule has 0 radical (unpaired) electrons. The predicted molar refractivity (Wildman–Crippen MR) is 126 cm³/mol. The first-order valence-corrected chi connectivity index (χ1v) is 12.9. The van der Waals surface area contributed by atoms with Crippen molar-refractivity contribution in [3.63, 3.8) is 0 Å². The van der Waals surface area contributed by atoms with E-state index < -0.39 is 15.1 Å². The number of carbonyl (C=O) groups excluding carboxylic acids is 1. The Labute approximate surface area is 195 Å². The number of benzene rings is 1. The number of nitrogens with zero attached hydrogens (tertiary/aromatic N) is 5. The number of rotatable bonds is 6. The number of anilines is 2. The molecule has 2 fully saturated rings. The van der Waals surface area contributed by atoms with E-state index in [9.17, 15) is 13.2 Å². The molecule has 33 heavy (non-hydrogen) atoms. The van der Waals surface area contributed by atoms with Gasteiger partial charge >= 0.3 is 0 Å². The first-order valence-electron chi connectivity index (χ1n) is 11.4. The second-order valence-corrected chi connectivity index (χ2v) is 11.2. The Hall–Kier alpha value is -2.72. The van der Waals surface area contributed by atoms with Gasteiger partial charge in [0.2, 0.25) is 5.91 Å². The van der Waals surface area contributed by atoms with Crippen LogP contribution in [0.15, 0.2) is 41.4 Å². The van der Waals surface area contributed by atoms with Crippen LogP contribution < -0.4 is 9.80 Å². The summed E-state index contributed by atoms with van der Waals surface area (Å²) in [5.41, 5.74) is 1.83. The van der Waals surface area contributed by atoms with E-state index in [1.165, 1.54) is 0 Å². The summed E-state index contributed by atoms with van der Waals surface area (Å²) in [6.07, 6.45) is 2.04. The first kappa shape index (κ1) is 23.4. The molecule has 1 aromatic heterocycles. The molecule has 2 aliphatic heterocycles. The van der Waals surface area contributed by atoms with Crippen molar-refractivity contribution < 1.29 is 17.9 Å². The Morgan fingerprint density at radius 3 is 2.30 bits per heavy atom. The standard InChI is InChI=1S/C23H31N5O4S/c1-18(2)33(30,31)21-5-3-19(4-6-21)15-23(29)28-9-7-26(8-10-28)20-16-22(25-24-17-20)27-11-13-32-14-12-27/h3-6,16-18H,7-15H2,1-2H3. The Bertz CT molecular complexity index is 1060. The fourth-order valence-corrected chi connectivity index (χ4v) is 5.09. The number of amides is 1. The van der Waals surface area contributed by atoms with Crippen molar-refractivity contribution in [2.24, 2.45) is 0 Å². The minimum atomic E-state index is -3.31. The highest BCUT2D eigenvalue weighted by atomic mass is 32.2. The summed E-state index contributed by atoms with van der Waals surface area (Å²) in [7, 11) is -3.31. The van der Waals surface area contributed by atoms with Crippen LogP contribution in [-0.2, 0) is 25.8 Å². The molecule has 0 atom stereocenters. The minimum Gasteiger partial charge on any atom is -0.378 e. The maximum Gasteiger partial charge on any atom is 0.227 e. The zero-order chi connectivity index (χ0) is 23.4. The maximum atomic E-state index is 12.8. The van der Waals surface area contributed by atoms with E-state index in [2.05, 4.69) is 26.1 Å². The van der Waals surface area contributed by atoms with Gasteiger partial charge in [0.05, 0.1) is 41.7 Å². The number of hydrogen-bond acceptors (Lipinski definition) is 8. The number of aromatic nitrogens is 2. The number of piperazine rings is 1. The van der Waals surface area contributed by atoms with Crippen LogP contribution in [0.2, 0.25) is 0 Å². The van der Waals surface area contributed by atoms with E-state index in [1.807, 2.05) is 4.90 Å². The van der Waals surface area contributed by atoms with Crippen LogP contribution in [0.4, 0.5) is 11.5 Å². The van der Waals surface area contributed by atoms with E-state index >= 15 is 0 Å². The molecule has 1 amide bonds. The van der Waals surface area contributed by atoms with Crippen LogP contribution in [0.1, 0.15) is 19.4 Å². The lowest BCUT2D eigenvalue weighted by molar-refractivity contribution is -0.130. The van der Waals surface area contributed by atoms with E-state index in [1.54, 1.807) is 44.3 Å². The summed E-state index contributed by atoms with van der Waals surface area (Å²) in [5, 5.41) is 7.98. The van der Waals surface area contributed by atoms with Crippen molar-refractivity contribution in [3.05, 3.63) is 42.1 Å². The molecule has 10 heteroatoms. The average Bonchev–Trinajstić information content (AvgIpc) is 2.85. The molecule has 1 aromatic carbocycles. The summed E-state index contributed by atoms with van der Waals surface area (Å²) in [4.78, 5) is 19.4.